The molecule has 1 amide bonds. The van der Waals surface area contributed by atoms with Crippen molar-refractivity contribution in [2.24, 2.45) is 5.92 Å². The molecule has 0 bridgehead atoms. The van der Waals surface area contributed by atoms with E-state index < -0.39 is 0 Å². The highest BCUT2D eigenvalue weighted by Crippen LogP contribution is 2.26. The molecule has 0 aliphatic heterocycles. The first-order valence-corrected chi connectivity index (χ1v) is 10.2. The van der Waals surface area contributed by atoms with Gasteiger partial charge >= 0.3 is 0 Å². The Hall–Kier alpha value is -3.60. The summed E-state index contributed by atoms with van der Waals surface area (Å²) >= 11 is 0. The number of carbonyl (C=O) groups is 1. The van der Waals surface area contributed by atoms with Gasteiger partial charge in [-0.3, -0.25) is 4.79 Å². The van der Waals surface area contributed by atoms with Gasteiger partial charge in [-0.05, 0) is 66.9 Å². The Labute approximate surface area is 176 Å². The number of aromatic amines is 1. The van der Waals surface area contributed by atoms with E-state index in [1.807, 2.05) is 72.8 Å². The third kappa shape index (κ3) is 4.87. The van der Waals surface area contributed by atoms with Gasteiger partial charge in [-0.2, -0.15) is 0 Å². The Bertz CT molecular complexity index is 1130. The minimum atomic E-state index is 0.0387. The van der Waals surface area contributed by atoms with Crippen LogP contribution in [0, 0.1) is 5.92 Å². The number of carbonyl (C=O) groups excluding carboxylic acids is 1. The van der Waals surface area contributed by atoms with Gasteiger partial charge in [0.05, 0.1) is 11.0 Å². The smallest absolute Gasteiger partial charge is 0.224 e. The third-order valence-electron chi connectivity index (χ3n) is 4.82. The third-order valence-corrected chi connectivity index (χ3v) is 4.82. The molecule has 5 heteroatoms. The molecule has 0 atom stereocenters. The van der Waals surface area contributed by atoms with Crippen LogP contribution in [0.2, 0.25) is 0 Å². The molecule has 0 saturated carbocycles. The fraction of sp³-hybridized carbons (Fsp3) is 0.200. The van der Waals surface area contributed by atoms with E-state index >= 15 is 0 Å². The minimum absolute atomic E-state index is 0.0387. The van der Waals surface area contributed by atoms with Crippen LogP contribution in [0.4, 0.5) is 5.69 Å². The van der Waals surface area contributed by atoms with Crippen molar-refractivity contribution in [3.63, 3.8) is 0 Å². The summed E-state index contributed by atoms with van der Waals surface area (Å²) in [6.45, 7) is 4.23. The number of nitrogens with zero attached hydrogens (tertiary/aromatic N) is 1. The molecular weight excluding hydrogens is 374 g/mol. The number of ether oxygens (including phenoxy) is 1. The van der Waals surface area contributed by atoms with Crippen LogP contribution < -0.4 is 10.1 Å². The lowest BCUT2D eigenvalue weighted by molar-refractivity contribution is -0.116. The Kier molecular flexibility index (Phi) is 5.80. The number of anilines is 1. The summed E-state index contributed by atoms with van der Waals surface area (Å²) in [7, 11) is 0. The Morgan fingerprint density at radius 1 is 1.00 bits per heavy atom. The highest BCUT2D eigenvalue weighted by atomic mass is 16.5. The number of para-hydroxylation sites is 1. The van der Waals surface area contributed by atoms with Crippen molar-refractivity contribution >= 4 is 22.6 Å². The number of benzene rings is 3. The van der Waals surface area contributed by atoms with Crippen LogP contribution in [0.1, 0.15) is 26.7 Å². The molecule has 0 spiro atoms. The van der Waals surface area contributed by atoms with E-state index in [-0.39, 0.29) is 5.91 Å². The van der Waals surface area contributed by atoms with Gasteiger partial charge in [-0.15, -0.1) is 0 Å². The summed E-state index contributed by atoms with van der Waals surface area (Å²) < 4.78 is 5.84. The largest absolute Gasteiger partial charge is 0.457 e. The average molecular weight is 399 g/mol. The molecule has 152 valence electrons. The molecule has 0 unspecified atom stereocenters. The molecule has 1 heterocycles. The van der Waals surface area contributed by atoms with Gasteiger partial charge in [0.15, 0.2) is 0 Å². The molecule has 0 aliphatic rings. The molecule has 4 rings (SSSR count). The van der Waals surface area contributed by atoms with E-state index in [1.165, 1.54) is 0 Å². The maximum Gasteiger partial charge on any atom is 0.224 e. The monoisotopic (exact) mass is 399 g/mol. The quantitative estimate of drug-likeness (QED) is 0.378. The fourth-order valence-electron chi connectivity index (χ4n) is 3.17. The van der Waals surface area contributed by atoms with Crippen molar-refractivity contribution in [1.29, 1.82) is 0 Å². The van der Waals surface area contributed by atoms with E-state index in [0.717, 1.165) is 46.0 Å². The topological polar surface area (TPSA) is 67.0 Å². The normalized spacial score (nSPS) is 11.0. The number of H-pyrrole nitrogens is 1. The number of imidazole rings is 1. The van der Waals surface area contributed by atoms with Gasteiger partial charge in [0.2, 0.25) is 5.91 Å². The van der Waals surface area contributed by atoms with Gasteiger partial charge in [-0.1, -0.05) is 32.0 Å². The molecule has 1 aromatic heterocycles. The van der Waals surface area contributed by atoms with Gasteiger partial charge < -0.3 is 15.0 Å². The van der Waals surface area contributed by atoms with Crippen molar-refractivity contribution < 1.29 is 9.53 Å². The van der Waals surface area contributed by atoms with Gasteiger partial charge in [-0.25, -0.2) is 4.98 Å². The van der Waals surface area contributed by atoms with E-state index in [0.29, 0.717) is 12.3 Å². The van der Waals surface area contributed by atoms with E-state index in [1.54, 1.807) is 0 Å². The zero-order valence-corrected chi connectivity index (χ0v) is 17.2. The van der Waals surface area contributed by atoms with Crippen LogP contribution in [-0.2, 0) is 4.79 Å². The fourth-order valence-corrected chi connectivity index (χ4v) is 3.17. The number of hydrogen-bond acceptors (Lipinski definition) is 3. The summed E-state index contributed by atoms with van der Waals surface area (Å²) in [5, 5.41) is 2.97. The van der Waals surface area contributed by atoms with Gasteiger partial charge in [0.1, 0.15) is 17.3 Å². The van der Waals surface area contributed by atoms with Gasteiger partial charge in [0, 0.05) is 17.7 Å². The van der Waals surface area contributed by atoms with Crippen LogP contribution in [0.5, 0.6) is 11.5 Å². The van der Waals surface area contributed by atoms with E-state index in [9.17, 15) is 4.79 Å². The second kappa shape index (κ2) is 8.82. The number of hydrogen-bond donors (Lipinski definition) is 2. The summed E-state index contributed by atoms with van der Waals surface area (Å²) in [5.41, 5.74) is 3.48. The Morgan fingerprint density at radius 3 is 2.47 bits per heavy atom. The average Bonchev–Trinajstić information content (AvgIpc) is 3.17. The molecule has 5 nitrogen and oxygen atoms in total. The second-order valence-corrected chi connectivity index (χ2v) is 7.74. The first-order chi connectivity index (χ1) is 14.6. The number of aromatic nitrogens is 2. The van der Waals surface area contributed by atoms with Gasteiger partial charge in [0.25, 0.3) is 0 Å². The Morgan fingerprint density at radius 2 is 1.73 bits per heavy atom. The molecule has 3 aromatic carbocycles. The van der Waals surface area contributed by atoms with Crippen molar-refractivity contribution in [2.45, 2.75) is 26.7 Å². The summed E-state index contributed by atoms with van der Waals surface area (Å²) in [6, 6.07) is 23.2. The number of rotatable bonds is 7. The lowest BCUT2D eigenvalue weighted by Gasteiger charge is -2.06. The van der Waals surface area contributed by atoms with Crippen LogP contribution in [0.3, 0.4) is 0 Å². The maximum atomic E-state index is 12.1. The molecular formula is C25H25N3O2. The van der Waals surface area contributed by atoms with Crippen LogP contribution in [0.15, 0.2) is 72.8 Å². The molecule has 2 N–H and O–H groups in total. The molecule has 4 aromatic rings. The predicted octanol–water partition coefficient (Wildman–Crippen LogP) is 6.40. The van der Waals surface area contributed by atoms with Crippen molar-refractivity contribution in [2.75, 3.05) is 5.32 Å². The summed E-state index contributed by atoms with van der Waals surface area (Å²) in [5.74, 6) is 2.90. The SMILES string of the molecule is CC(C)CCC(=O)Nc1ccc2nc(-c3ccc(Oc4ccccc4)cc3)[nH]c2c1. The van der Waals surface area contributed by atoms with Crippen LogP contribution in [-0.4, -0.2) is 15.9 Å². The molecule has 0 aliphatic carbocycles. The predicted molar refractivity (Wildman–Crippen MR) is 121 cm³/mol. The number of fused-ring (bicyclic) bond motifs is 1. The number of nitrogens with one attached hydrogen (secondary N) is 2. The van der Waals surface area contributed by atoms with E-state index in [2.05, 4.69) is 29.1 Å². The highest BCUT2D eigenvalue weighted by molar-refractivity contribution is 5.93. The van der Waals surface area contributed by atoms with Crippen LogP contribution >= 0.6 is 0 Å². The molecule has 0 fully saturated rings. The second-order valence-electron chi connectivity index (χ2n) is 7.74. The summed E-state index contributed by atoms with van der Waals surface area (Å²) in [4.78, 5) is 20.1. The van der Waals surface area contributed by atoms with Crippen molar-refractivity contribution in [3.05, 3.63) is 72.8 Å². The molecule has 0 radical (unpaired) electrons. The zero-order chi connectivity index (χ0) is 20.9. The van der Waals surface area contributed by atoms with Crippen molar-refractivity contribution in [3.8, 4) is 22.9 Å². The lowest BCUT2D eigenvalue weighted by atomic mass is 10.1. The zero-order valence-electron chi connectivity index (χ0n) is 17.2. The Balaban J connectivity index is 1.47. The number of amides is 1. The first kappa shape index (κ1) is 19.7. The van der Waals surface area contributed by atoms with E-state index in [4.69, 9.17) is 4.74 Å². The maximum absolute atomic E-state index is 12.1. The molecule has 0 saturated heterocycles. The standard InChI is InChI=1S/C25H25N3O2/c1-17(2)8-15-24(29)26-19-11-14-22-23(16-19)28-25(27-22)18-9-12-21(13-10-18)30-20-6-4-3-5-7-20/h3-7,9-14,16-17H,8,15H2,1-2H3,(H,26,29)(H,27,28). The highest BCUT2D eigenvalue weighted by Gasteiger charge is 2.09. The minimum Gasteiger partial charge on any atom is -0.457 e. The van der Waals surface area contributed by atoms with Crippen molar-refractivity contribution in [1.82, 2.24) is 9.97 Å². The van der Waals surface area contributed by atoms with Crippen LogP contribution in [0.25, 0.3) is 22.4 Å². The summed E-state index contributed by atoms with van der Waals surface area (Å²) in [6.07, 6.45) is 1.41. The first-order valence-electron chi connectivity index (χ1n) is 10.2. The molecule has 30 heavy (non-hydrogen) atoms. The lowest BCUT2D eigenvalue weighted by Crippen LogP contribution is -2.12.